The van der Waals surface area contributed by atoms with E-state index in [0.717, 1.165) is 0 Å². The molecule has 0 spiro atoms. The molecular formula is C3H4N2O2S. The van der Waals surface area contributed by atoms with Crippen LogP contribution in [0.4, 0.5) is 0 Å². The Morgan fingerprint density at radius 2 is 2.75 bits per heavy atom. The maximum Gasteiger partial charge on any atom is 0.322 e. The fourth-order valence-corrected chi connectivity index (χ4v) is 0.742. The number of rotatable bonds is 2. The molecule has 0 aromatic carbocycles. The van der Waals surface area contributed by atoms with E-state index < -0.39 is 0 Å². The van der Waals surface area contributed by atoms with Gasteiger partial charge < -0.3 is 4.84 Å². The predicted molar refractivity (Wildman–Crippen MR) is 28.9 cm³/mol. The summed E-state index contributed by atoms with van der Waals surface area (Å²) in [5.41, 5.74) is 0. The largest absolute Gasteiger partial charge is 0.328 e. The third-order valence-corrected chi connectivity index (χ3v) is 1.11. The number of nitrogens with zero attached hydrogens (tertiary/aromatic N) is 1. The average molecular weight is 132 g/mol. The molecule has 0 atom stereocenters. The second-order valence-electron chi connectivity index (χ2n) is 1.02. The van der Waals surface area contributed by atoms with Gasteiger partial charge in [0.15, 0.2) is 0 Å². The van der Waals surface area contributed by atoms with Crippen LogP contribution in [0.15, 0.2) is 11.6 Å². The van der Waals surface area contributed by atoms with Gasteiger partial charge in [-0.25, -0.2) is 0 Å². The van der Waals surface area contributed by atoms with Gasteiger partial charge in [-0.3, -0.25) is 4.79 Å². The van der Waals surface area contributed by atoms with Gasteiger partial charge in [0.05, 0.1) is 6.20 Å². The molecule has 0 aromatic rings. The Morgan fingerprint density at radius 3 is 3.25 bits per heavy atom. The third-order valence-electron chi connectivity index (χ3n) is 0.564. The SMILES string of the molecule is O=CON1C=CSN1. The van der Waals surface area contributed by atoms with E-state index in [1.165, 1.54) is 17.1 Å². The van der Waals surface area contributed by atoms with Crippen molar-refractivity contribution in [1.29, 1.82) is 0 Å². The first kappa shape index (κ1) is 5.46. The van der Waals surface area contributed by atoms with Crippen molar-refractivity contribution in [1.82, 2.24) is 10.0 Å². The lowest BCUT2D eigenvalue weighted by atomic mass is 11.0. The summed E-state index contributed by atoms with van der Waals surface area (Å²) >= 11 is 1.33. The molecule has 0 amide bonds. The van der Waals surface area contributed by atoms with E-state index in [1.54, 1.807) is 11.6 Å². The summed E-state index contributed by atoms with van der Waals surface area (Å²) < 4.78 is 0. The molecule has 0 saturated heterocycles. The molecule has 44 valence electrons. The lowest BCUT2D eigenvalue weighted by molar-refractivity contribution is -0.165. The maximum absolute atomic E-state index is 9.61. The van der Waals surface area contributed by atoms with Gasteiger partial charge in [0.2, 0.25) is 0 Å². The molecule has 1 aliphatic rings. The number of hydrazine groups is 1. The van der Waals surface area contributed by atoms with Crippen molar-refractivity contribution >= 4 is 18.4 Å². The van der Waals surface area contributed by atoms with Crippen LogP contribution in [0.5, 0.6) is 0 Å². The Morgan fingerprint density at radius 1 is 1.88 bits per heavy atom. The zero-order valence-corrected chi connectivity index (χ0v) is 4.72. The Balaban J connectivity index is 2.25. The number of nitrogens with one attached hydrogen (secondary N) is 1. The maximum atomic E-state index is 9.61. The van der Waals surface area contributed by atoms with Crippen LogP contribution in [0.1, 0.15) is 0 Å². The Bertz CT molecular complexity index is 116. The van der Waals surface area contributed by atoms with Crippen molar-refractivity contribution in [2.45, 2.75) is 0 Å². The highest BCUT2D eigenvalue weighted by atomic mass is 32.2. The van der Waals surface area contributed by atoms with Crippen molar-refractivity contribution < 1.29 is 9.63 Å². The minimum Gasteiger partial charge on any atom is -0.328 e. The van der Waals surface area contributed by atoms with Crippen molar-refractivity contribution in [2.24, 2.45) is 0 Å². The molecule has 0 radical (unpaired) electrons. The first-order valence-corrected chi connectivity index (χ1v) is 2.79. The molecule has 0 fully saturated rings. The highest BCUT2D eigenvalue weighted by molar-refractivity contribution is 8.00. The molecular weight excluding hydrogens is 128 g/mol. The molecule has 1 N–H and O–H groups in total. The van der Waals surface area contributed by atoms with Crippen molar-refractivity contribution in [2.75, 3.05) is 0 Å². The Kier molecular flexibility index (Phi) is 1.76. The van der Waals surface area contributed by atoms with Gasteiger partial charge in [-0.05, 0) is 11.9 Å². The second kappa shape index (κ2) is 2.58. The molecule has 1 rings (SSSR count). The molecule has 0 aromatic heterocycles. The van der Waals surface area contributed by atoms with Crippen LogP contribution in [0.25, 0.3) is 0 Å². The van der Waals surface area contributed by atoms with Crippen LogP contribution in [0, 0.1) is 0 Å². The monoisotopic (exact) mass is 132 g/mol. The zero-order valence-electron chi connectivity index (χ0n) is 3.90. The molecule has 5 heteroatoms. The fourth-order valence-electron chi connectivity index (χ4n) is 0.302. The number of carbonyl (C=O) groups excluding carboxylic acids is 1. The van der Waals surface area contributed by atoms with Gasteiger partial charge in [0.1, 0.15) is 0 Å². The third kappa shape index (κ3) is 1.14. The Hall–Kier alpha value is -0.680. The van der Waals surface area contributed by atoms with Gasteiger partial charge in [-0.15, -0.1) is 10.0 Å². The lowest BCUT2D eigenvalue weighted by Crippen LogP contribution is -2.23. The first-order chi connectivity index (χ1) is 3.93. The molecule has 1 aliphatic heterocycles. The van der Waals surface area contributed by atoms with Crippen molar-refractivity contribution in [3.63, 3.8) is 0 Å². The number of hydroxylamine groups is 1. The van der Waals surface area contributed by atoms with E-state index >= 15 is 0 Å². The molecule has 1 heterocycles. The first-order valence-electron chi connectivity index (χ1n) is 1.91. The van der Waals surface area contributed by atoms with E-state index in [2.05, 4.69) is 9.67 Å². The summed E-state index contributed by atoms with van der Waals surface area (Å²) in [6.07, 6.45) is 1.60. The summed E-state index contributed by atoms with van der Waals surface area (Å²) in [6.45, 7) is 0.350. The predicted octanol–water partition coefficient (Wildman–Crippen LogP) is 0.0140. The minimum atomic E-state index is 0.350. The van der Waals surface area contributed by atoms with E-state index in [4.69, 9.17) is 0 Å². The standard InChI is InChI=1S/C3H4N2O2S/c6-3-7-5-1-2-8-4-5/h1-4H. The van der Waals surface area contributed by atoms with Gasteiger partial charge in [0.25, 0.3) is 0 Å². The molecule has 0 saturated carbocycles. The summed E-state index contributed by atoms with van der Waals surface area (Å²) in [7, 11) is 0. The molecule has 4 nitrogen and oxygen atoms in total. The van der Waals surface area contributed by atoms with E-state index in [-0.39, 0.29) is 0 Å². The molecule has 8 heavy (non-hydrogen) atoms. The summed E-state index contributed by atoms with van der Waals surface area (Å²) in [5.74, 6) is 0. The normalized spacial score (nSPS) is 16.8. The van der Waals surface area contributed by atoms with Crippen molar-refractivity contribution in [3.05, 3.63) is 11.6 Å². The molecule has 0 bridgehead atoms. The van der Waals surface area contributed by atoms with Gasteiger partial charge in [-0.1, -0.05) is 0 Å². The van der Waals surface area contributed by atoms with Crippen LogP contribution < -0.4 is 4.83 Å². The average Bonchev–Trinajstić information content (AvgIpc) is 2.19. The van der Waals surface area contributed by atoms with Crippen LogP contribution in [0.3, 0.4) is 0 Å². The van der Waals surface area contributed by atoms with Crippen LogP contribution >= 0.6 is 11.9 Å². The minimum absolute atomic E-state index is 0.350. The van der Waals surface area contributed by atoms with E-state index in [9.17, 15) is 4.79 Å². The number of hydrogen-bond acceptors (Lipinski definition) is 5. The zero-order chi connectivity index (χ0) is 5.82. The molecule has 0 unspecified atom stereocenters. The van der Waals surface area contributed by atoms with Gasteiger partial charge in [-0.2, -0.15) is 0 Å². The number of carbonyl (C=O) groups is 1. The van der Waals surface area contributed by atoms with Gasteiger partial charge >= 0.3 is 6.47 Å². The highest BCUT2D eigenvalue weighted by Gasteiger charge is 2.01. The Labute approximate surface area is 50.5 Å². The summed E-state index contributed by atoms with van der Waals surface area (Å²) in [4.78, 5) is 16.6. The quantitative estimate of drug-likeness (QED) is 0.423. The molecule has 0 aliphatic carbocycles. The smallest absolute Gasteiger partial charge is 0.322 e. The van der Waals surface area contributed by atoms with E-state index in [1.807, 2.05) is 0 Å². The van der Waals surface area contributed by atoms with Crippen LogP contribution in [-0.2, 0) is 9.63 Å². The van der Waals surface area contributed by atoms with Gasteiger partial charge in [0, 0.05) is 5.41 Å². The summed E-state index contributed by atoms with van der Waals surface area (Å²) in [5, 5.41) is 2.96. The van der Waals surface area contributed by atoms with E-state index in [0.29, 0.717) is 6.47 Å². The summed E-state index contributed by atoms with van der Waals surface area (Å²) in [6, 6.07) is 0. The number of hydrogen-bond donors (Lipinski definition) is 1. The highest BCUT2D eigenvalue weighted by Crippen LogP contribution is 2.06. The van der Waals surface area contributed by atoms with Crippen LogP contribution in [0.2, 0.25) is 0 Å². The lowest BCUT2D eigenvalue weighted by Gasteiger charge is -2.07. The second-order valence-corrected chi connectivity index (χ2v) is 1.71. The fraction of sp³-hybridized carbons (Fsp3) is 0. The topological polar surface area (TPSA) is 41.6 Å². The van der Waals surface area contributed by atoms with Crippen molar-refractivity contribution in [3.8, 4) is 0 Å². The van der Waals surface area contributed by atoms with Crippen LogP contribution in [-0.4, -0.2) is 11.6 Å².